The zero-order chi connectivity index (χ0) is 16.9. The standard InChI is InChI=1S/C16H14F3NO2S/c1-11(21)20-13-4-8-15(9-5-13)23-10-12-2-6-14(7-3-12)22-16(17,18)19/h2-9H,10H2,1H3,(H,20,21). The zero-order valence-corrected chi connectivity index (χ0v) is 13.0. The summed E-state index contributed by atoms with van der Waals surface area (Å²) in [5.74, 6) is 0.253. The smallest absolute Gasteiger partial charge is 0.406 e. The van der Waals surface area contributed by atoms with E-state index in [4.69, 9.17) is 0 Å². The van der Waals surface area contributed by atoms with Gasteiger partial charge in [-0.05, 0) is 42.0 Å². The number of halogens is 3. The lowest BCUT2D eigenvalue weighted by Gasteiger charge is -2.09. The van der Waals surface area contributed by atoms with Gasteiger partial charge >= 0.3 is 6.36 Å². The van der Waals surface area contributed by atoms with Gasteiger partial charge in [0.15, 0.2) is 0 Å². The van der Waals surface area contributed by atoms with Gasteiger partial charge in [0, 0.05) is 23.3 Å². The Morgan fingerprint density at radius 1 is 1.09 bits per heavy atom. The number of carbonyl (C=O) groups is 1. The van der Waals surface area contributed by atoms with E-state index in [1.165, 1.54) is 19.1 Å². The van der Waals surface area contributed by atoms with Crippen LogP contribution in [0.5, 0.6) is 5.75 Å². The van der Waals surface area contributed by atoms with E-state index in [9.17, 15) is 18.0 Å². The Labute approximate surface area is 135 Å². The highest BCUT2D eigenvalue weighted by atomic mass is 32.2. The van der Waals surface area contributed by atoms with E-state index in [1.807, 2.05) is 12.1 Å². The number of carbonyl (C=O) groups excluding carboxylic acids is 1. The Morgan fingerprint density at radius 3 is 2.22 bits per heavy atom. The largest absolute Gasteiger partial charge is 0.573 e. The van der Waals surface area contributed by atoms with Crippen LogP contribution in [0.25, 0.3) is 0 Å². The Bertz CT molecular complexity index is 655. The Kier molecular flexibility index (Phi) is 5.54. The van der Waals surface area contributed by atoms with Crippen molar-refractivity contribution in [2.24, 2.45) is 0 Å². The lowest BCUT2D eigenvalue weighted by molar-refractivity contribution is -0.274. The molecule has 23 heavy (non-hydrogen) atoms. The van der Waals surface area contributed by atoms with Crippen molar-refractivity contribution in [3.63, 3.8) is 0 Å². The summed E-state index contributed by atoms with van der Waals surface area (Å²) < 4.78 is 40.0. The van der Waals surface area contributed by atoms with Gasteiger partial charge in [-0.3, -0.25) is 4.79 Å². The molecule has 3 nitrogen and oxygen atoms in total. The first-order chi connectivity index (χ1) is 10.8. The number of alkyl halides is 3. The predicted molar refractivity (Wildman–Crippen MR) is 83.4 cm³/mol. The lowest BCUT2D eigenvalue weighted by Crippen LogP contribution is -2.16. The third-order valence-corrected chi connectivity index (χ3v) is 3.82. The number of hydrogen-bond donors (Lipinski definition) is 1. The molecule has 2 aromatic rings. The highest BCUT2D eigenvalue weighted by molar-refractivity contribution is 7.98. The van der Waals surface area contributed by atoms with Crippen LogP contribution in [0.1, 0.15) is 12.5 Å². The van der Waals surface area contributed by atoms with Crippen molar-refractivity contribution in [2.45, 2.75) is 23.9 Å². The number of anilines is 1. The van der Waals surface area contributed by atoms with Crippen molar-refractivity contribution in [3.8, 4) is 5.75 Å². The van der Waals surface area contributed by atoms with Gasteiger partial charge in [-0.1, -0.05) is 12.1 Å². The highest BCUT2D eigenvalue weighted by Gasteiger charge is 2.30. The van der Waals surface area contributed by atoms with Crippen LogP contribution in [-0.2, 0) is 10.5 Å². The fraction of sp³-hybridized carbons (Fsp3) is 0.188. The monoisotopic (exact) mass is 341 g/mol. The number of rotatable bonds is 5. The van der Waals surface area contributed by atoms with E-state index in [2.05, 4.69) is 10.1 Å². The van der Waals surface area contributed by atoms with Crippen LogP contribution in [0.15, 0.2) is 53.4 Å². The van der Waals surface area contributed by atoms with Gasteiger partial charge in [-0.25, -0.2) is 0 Å². The van der Waals surface area contributed by atoms with E-state index in [0.717, 1.165) is 16.1 Å². The molecular formula is C16H14F3NO2S. The normalized spacial score (nSPS) is 11.1. The van der Waals surface area contributed by atoms with Gasteiger partial charge in [0.05, 0.1) is 0 Å². The summed E-state index contributed by atoms with van der Waals surface area (Å²) in [6, 6.07) is 13.1. The Balaban J connectivity index is 1.89. The zero-order valence-electron chi connectivity index (χ0n) is 12.2. The van der Waals surface area contributed by atoms with Crippen LogP contribution in [0, 0.1) is 0 Å². The maximum Gasteiger partial charge on any atom is 0.573 e. The fourth-order valence-corrected chi connectivity index (χ4v) is 2.65. The summed E-state index contributed by atoms with van der Waals surface area (Å²) in [5.41, 5.74) is 1.60. The second-order valence-electron chi connectivity index (χ2n) is 4.69. The minimum Gasteiger partial charge on any atom is -0.406 e. The van der Waals surface area contributed by atoms with Gasteiger partial charge in [0.25, 0.3) is 0 Å². The van der Waals surface area contributed by atoms with Crippen LogP contribution in [0.2, 0.25) is 0 Å². The number of ether oxygens (including phenoxy) is 1. The summed E-state index contributed by atoms with van der Waals surface area (Å²) in [4.78, 5) is 11.9. The highest BCUT2D eigenvalue weighted by Crippen LogP contribution is 2.27. The number of amides is 1. The molecule has 7 heteroatoms. The fourth-order valence-electron chi connectivity index (χ4n) is 1.79. The molecule has 0 aromatic heterocycles. The van der Waals surface area contributed by atoms with Gasteiger partial charge in [0.2, 0.25) is 5.91 Å². The third kappa shape index (κ3) is 6.23. The average molecular weight is 341 g/mol. The van der Waals surface area contributed by atoms with Crippen molar-refractivity contribution in [1.29, 1.82) is 0 Å². The molecule has 2 aromatic carbocycles. The summed E-state index contributed by atoms with van der Waals surface area (Å²) in [7, 11) is 0. The van der Waals surface area contributed by atoms with Gasteiger partial charge in [0.1, 0.15) is 5.75 Å². The molecule has 122 valence electrons. The molecule has 0 saturated carbocycles. The molecule has 0 heterocycles. The minimum atomic E-state index is -4.67. The first kappa shape index (κ1) is 17.2. The van der Waals surface area contributed by atoms with Crippen molar-refractivity contribution in [1.82, 2.24) is 0 Å². The molecule has 0 saturated heterocycles. The van der Waals surface area contributed by atoms with Crippen LogP contribution in [-0.4, -0.2) is 12.3 Å². The molecule has 1 amide bonds. The molecule has 0 atom stereocenters. The van der Waals surface area contributed by atoms with Gasteiger partial charge in [-0.2, -0.15) is 0 Å². The molecule has 0 aliphatic carbocycles. The van der Waals surface area contributed by atoms with Crippen LogP contribution in [0.4, 0.5) is 18.9 Å². The molecule has 0 unspecified atom stereocenters. The summed E-state index contributed by atoms with van der Waals surface area (Å²) in [6.07, 6.45) is -4.67. The van der Waals surface area contributed by atoms with Crippen molar-refractivity contribution < 1.29 is 22.7 Å². The average Bonchev–Trinajstić information content (AvgIpc) is 2.46. The van der Waals surface area contributed by atoms with Crippen molar-refractivity contribution in [2.75, 3.05) is 5.32 Å². The second kappa shape index (κ2) is 7.41. The number of benzene rings is 2. The molecule has 1 N–H and O–H groups in total. The van der Waals surface area contributed by atoms with E-state index < -0.39 is 6.36 Å². The SMILES string of the molecule is CC(=O)Nc1ccc(SCc2ccc(OC(F)(F)F)cc2)cc1. The molecule has 0 spiro atoms. The first-order valence-electron chi connectivity index (χ1n) is 6.67. The quantitative estimate of drug-likeness (QED) is 0.791. The molecule has 0 aliphatic rings. The van der Waals surface area contributed by atoms with Crippen molar-refractivity contribution >= 4 is 23.4 Å². The molecule has 0 aliphatic heterocycles. The predicted octanol–water partition coefficient (Wildman–Crippen LogP) is 4.84. The Hall–Kier alpha value is -2.15. The maximum atomic E-state index is 12.1. The molecule has 0 fully saturated rings. The van der Waals surface area contributed by atoms with E-state index >= 15 is 0 Å². The van der Waals surface area contributed by atoms with Crippen LogP contribution < -0.4 is 10.1 Å². The van der Waals surface area contributed by atoms with E-state index in [1.54, 1.807) is 36.0 Å². The van der Waals surface area contributed by atoms with Gasteiger partial charge in [-0.15, -0.1) is 24.9 Å². The number of hydrogen-bond acceptors (Lipinski definition) is 3. The minimum absolute atomic E-state index is 0.133. The van der Waals surface area contributed by atoms with Crippen molar-refractivity contribution in [3.05, 3.63) is 54.1 Å². The summed E-state index contributed by atoms with van der Waals surface area (Å²) in [6.45, 7) is 1.44. The third-order valence-electron chi connectivity index (χ3n) is 2.74. The Morgan fingerprint density at radius 2 is 1.70 bits per heavy atom. The topological polar surface area (TPSA) is 38.3 Å². The molecule has 0 bridgehead atoms. The van der Waals surface area contributed by atoms with Crippen LogP contribution >= 0.6 is 11.8 Å². The lowest BCUT2D eigenvalue weighted by atomic mass is 10.2. The summed E-state index contributed by atoms with van der Waals surface area (Å²) in [5, 5.41) is 2.68. The summed E-state index contributed by atoms with van der Waals surface area (Å²) >= 11 is 1.54. The number of thioether (sulfide) groups is 1. The van der Waals surface area contributed by atoms with E-state index in [-0.39, 0.29) is 11.7 Å². The number of nitrogens with one attached hydrogen (secondary N) is 1. The van der Waals surface area contributed by atoms with Gasteiger partial charge < -0.3 is 10.1 Å². The molecular weight excluding hydrogens is 327 g/mol. The molecule has 0 radical (unpaired) electrons. The first-order valence-corrected chi connectivity index (χ1v) is 7.65. The second-order valence-corrected chi connectivity index (χ2v) is 5.73. The molecule has 2 rings (SSSR count). The van der Waals surface area contributed by atoms with Crippen LogP contribution in [0.3, 0.4) is 0 Å². The van der Waals surface area contributed by atoms with E-state index in [0.29, 0.717) is 5.75 Å². The maximum absolute atomic E-state index is 12.1.